The SMILES string of the molecule is CC(C)(C)OC(=O)N[C@@H](Cc1cn(C(c2ccccc2)(c2ccccc2)c2ccccc2)cn1)C(=O)Oc1c(F)c(F)c(F)c(F)c1F. The summed E-state index contributed by atoms with van der Waals surface area (Å²) < 4.78 is 82.0. The highest BCUT2D eigenvalue weighted by Crippen LogP contribution is 2.41. The maximum atomic E-state index is 14.4. The molecular formula is C36H30F5N3O4. The van der Waals surface area contributed by atoms with E-state index >= 15 is 0 Å². The molecule has 1 atom stereocenters. The monoisotopic (exact) mass is 663 g/mol. The summed E-state index contributed by atoms with van der Waals surface area (Å²) in [4.78, 5) is 30.5. The third-order valence-electron chi connectivity index (χ3n) is 7.36. The Labute approximate surface area is 273 Å². The first-order valence-corrected chi connectivity index (χ1v) is 14.8. The van der Waals surface area contributed by atoms with Crippen LogP contribution in [0.2, 0.25) is 0 Å². The number of hydrogen-bond donors (Lipinski definition) is 1. The fourth-order valence-corrected chi connectivity index (χ4v) is 5.34. The molecule has 0 radical (unpaired) electrons. The van der Waals surface area contributed by atoms with Gasteiger partial charge in [0.15, 0.2) is 0 Å². The van der Waals surface area contributed by atoms with Crippen LogP contribution in [0.4, 0.5) is 26.7 Å². The van der Waals surface area contributed by atoms with Gasteiger partial charge in [0, 0.05) is 12.6 Å². The molecule has 1 N–H and O–H groups in total. The molecule has 0 aliphatic heterocycles. The molecule has 7 nitrogen and oxygen atoms in total. The normalized spacial score (nSPS) is 12.3. The molecule has 1 heterocycles. The van der Waals surface area contributed by atoms with Crippen LogP contribution in [-0.2, 0) is 21.5 Å². The van der Waals surface area contributed by atoms with Gasteiger partial charge < -0.3 is 19.4 Å². The summed E-state index contributed by atoms with van der Waals surface area (Å²) in [5, 5.41) is 2.27. The zero-order valence-corrected chi connectivity index (χ0v) is 26.0. The fraction of sp³-hybridized carbons (Fsp3) is 0.194. The largest absolute Gasteiger partial charge is 0.444 e. The van der Waals surface area contributed by atoms with Gasteiger partial charge in [0.2, 0.25) is 34.8 Å². The van der Waals surface area contributed by atoms with Crippen LogP contribution in [0.25, 0.3) is 0 Å². The second kappa shape index (κ2) is 13.7. The molecule has 0 aliphatic carbocycles. The zero-order valence-electron chi connectivity index (χ0n) is 26.0. The average Bonchev–Trinajstić information content (AvgIpc) is 3.54. The molecule has 5 rings (SSSR count). The third kappa shape index (κ3) is 6.78. The smallest absolute Gasteiger partial charge is 0.408 e. The molecular weight excluding hydrogens is 633 g/mol. The van der Waals surface area contributed by atoms with Crippen molar-refractivity contribution in [3.8, 4) is 5.75 Å². The Morgan fingerprint density at radius 3 is 1.60 bits per heavy atom. The standard InChI is InChI=1S/C36H30F5N3O4/c1-35(2,3)48-34(46)43-26(33(45)47-32-30(40)28(38)27(37)29(39)31(32)41)19-25-20-44(21-42-25)36(22-13-7-4-8-14-22,23-15-9-5-10-16-23)24-17-11-6-12-18-24/h4-18,20-21,26H,19H2,1-3H3,(H,43,46)/t26-/m0/s1. The van der Waals surface area contributed by atoms with Crippen molar-refractivity contribution in [3.05, 3.63) is 155 Å². The van der Waals surface area contributed by atoms with Crippen LogP contribution in [-0.4, -0.2) is 33.3 Å². The molecule has 0 spiro atoms. The van der Waals surface area contributed by atoms with Crippen LogP contribution in [0, 0.1) is 29.1 Å². The van der Waals surface area contributed by atoms with Gasteiger partial charge in [-0.3, -0.25) is 0 Å². The highest BCUT2D eigenvalue weighted by atomic mass is 19.2. The summed E-state index contributed by atoms with van der Waals surface area (Å²) in [7, 11) is 0. The minimum absolute atomic E-state index is 0.206. The molecule has 0 bridgehead atoms. The number of ether oxygens (including phenoxy) is 2. The Kier molecular flexibility index (Phi) is 9.64. The molecule has 12 heteroatoms. The van der Waals surface area contributed by atoms with E-state index in [-0.39, 0.29) is 5.69 Å². The molecule has 1 aromatic heterocycles. The molecule has 0 aliphatic rings. The van der Waals surface area contributed by atoms with Gasteiger partial charge in [0.1, 0.15) is 17.2 Å². The van der Waals surface area contributed by atoms with Crippen molar-refractivity contribution in [1.82, 2.24) is 14.9 Å². The number of rotatable bonds is 9. The number of nitrogens with zero attached hydrogens (tertiary/aromatic N) is 2. The predicted molar refractivity (Wildman–Crippen MR) is 166 cm³/mol. The number of nitrogens with one attached hydrogen (secondary N) is 1. The Balaban J connectivity index is 1.58. The van der Waals surface area contributed by atoms with Crippen LogP contribution in [0.15, 0.2) is 104 Å². The van der Waals surface area contributed by atoms with E-state index in [1.54, 1.807) is 27.0 Å². The third-order valence-corrected chi connectivity index (χ3v) is 7.36. The van der Waals surface area contributed by atoms with Crippen LogP contribution in [0.5, 0.6) is 5.75 Å². The Hall–Kier alpha value is -5.52. The minimum Gasteiger partial charge on any atom is -0.444 e. The number of carbonyl (C=O) groups excluding carboxylic acids is 2. The lowest BCUT2D eigenvalue weighted by atomic mass is 9.77. The molecule has 248 valence electrons. The molecule has 0 saturated carbocycles. The number of imidazole rings is 1. The number of benzene rings is 4. The number of halogens is 5. The Bertz CT molecular complexity index is 1790. The van der Waals surface area contributed by atoms with Gasteiger partial charge in [-0.15, -0.1) is 0 Å². The van der Waals surface area contributed by atoms with Crippen molar-refractivity contribution in [2.75, 3.05) is 0 Å². The molecule has 48 heavy (non-hydrogen) atoms. The molecule has 1 amide bonds. The van der Waals surface area contributed by atoms with Crippen LogP contribution in [0.3, 0.4) is 0 Å². The summed E-state index contributed by atoms with van der Waals surface area (Å²) >= 11 is 0. The number of hydrogen-bond acceptors (Lipinski definition) is 5. The van der Waals surface area contributed by atoms with Gasteiger partial charge in [0.05, 0.1) is 12.0 Å². The predicted octanol–water partition coefficient (Wildman–Crippen LogP) is 7.46. The van der Waals surface area contributed by atoms with Crippen molar-refractivity contribution in [2.45, 2.75) is 44.4 Å². The first-order chi connectivity index (χ1) is 22.8. The van der Waals surface area contributed by atoms with Crippen molar-refractivity contribution >= 4 is 12.1 Å². The second-order valence-corrected chi connectivity index (χ2v) is 11.8. The van der Waals surface area contributed by atoms with Crippen molar-refractivity contribution in [3.63, 3.8) is 0 Å². The van der Waals surface area contributed by atoms with E-state index in [1.807, 2.05) is 95.6 Å². The molecule has 0 fully saturated rings. The van der Waals surface area contributed by atoms with Gasteiger partial charge in [0.25, 0.3) is 0 Å². The minimum atomic E-state index is -2.42. The molecule has 0 unspecified atom stereocenters. The Morgan fingerprint density at radius 2 is 1.17 bits per heavy atom. The van der Waals surface area contributed by atoms with Gasteiger partial charge in [-0.25, -0.2) is 27.7 Å². The number of alkyl carbamates (subject to hydrolysis) is 1. The Morgan fingerprint density at radius 1 is 0.729 bits per heavy atom. The van der Waals surface area contributed by atoms with Crippen molar-refractivity contribution in [2.24, 2.45) is 0 Å². The topological polar surface area (TPSA) is 82.5 Å². The van der Waals surface area contributed by atoms with Gasteiger partial charge >= 0.3 is 12.1 Å². The maximum absolute atomic E-state index is 14.4. The number of carbonyl (C=O) groups is 2. The maximum Gasteiger partial charge on any atom is 0.408 e. The van der Waals surface area contributed by atoms with Crippen LogP contribution >= 0.6 is 0 Å². The first-order valence-electron chi connectivity index (χ1n) is 14.8. The van der Waals surface area contributed by atoms with E-state index in [0.717, 1.165) is 16.7 Å². The highest BCUT2D eigenvalue weighted by Gasteiger charge is 2.39. The van der Waals surface area contributed by atoms with Gasteiger partial charge in [-0.2, -0.15) is 8.78 Å². The summed E-state index contributed by atoms with van der Waals surface area (Å²) in [6.45, 7) is 4.69. The fourth-order valence-electron chi connectivity index (χ4n) is 5.34. The van der Waals surface area contributed by atoms with Crippen LogP contribution < -0.4 is 10.1 Å². The summed E-state index contributed by atoms with van der Waals surface area (Å²) in [5.74, 6) is -15.1. The van der Waals surface area contributed by atoms with E-state index in [4.69, 9.17) is 9.47 Å². The van der Waals surface area contributed by atoms with E-state index < -0.39 is 70.5 Å². The summed E-state index contributed by atoms with van der Waals surface area (Å²) in [6.07, 6.45) is 1.63. The number of esters is 1. The lowest BCUT2D eigenvalue weighted by molar-refractivity contribution is -0.137. The summed E-state index contributed by atoms with van der Waals surface area (Å²) in [6, 6.07) is 27.0. The van der Waals surface area contributed by atoms with E-state index in [1.165, 1.54) is 6.33 Å². The van der Waals surface area contributed by atoms with E-state index in [9.17, 15) is 31.5 Å². The lowest BCUT2D eigenvalue weighted by Gasteiger charge is -2.37. The van der Waals surface area contributed by atoms with Gasteiger partial charge in [-0.05, 0) is 37.5 Å². The number of aromatic nitrogens is 2. The molecule has 0 saturated heterocycles. The van der Waals surface area contributed by atoms with Crippen molar-refractivity contribution < 1.29 is 41.0 Å². The molecule has 4 aromatic carbocycles. The van der Waals surface area contributed by atoms with Crippen molar-refractivity contribution in [1.29, 1.82) is 0 Å². The lowest BCUT2D eigenvalue weighted by Crippen LogP contribution is -2.46. The highest BCUT2D eigenvalue weighted by molar-refractivity contribution is 5.83. The van der Waals surface area contributed by atoms with Gasteiger partial charge in [-0.1, -0.05) is 91.0 Å². The zero-order chi connectivity index (χ0) is 34.6. The number of amides is 1. The second-order valence-electron chi connectivity index (χ2n) is 11.8. The van der Waals surface area contributed by atoms with E-state index in [2.05, 4.69) is 10.3 Å². The average molecular weight is 664 g/mol. The molecule has 5 aromatic rings. The quantitative estimate of drug-likeness (QED) is 0.0442. The van der Waals surface area contributed by atoms with Crippen LogP contribution in [0.1, 0.15) is 43.2 Å². The first kappa shape index (κ1) is 33.8. The summed E-state index contributed by atoms with van der Waals surface area (Å²) in [5.41, 5.74) is 0.792. The van der Waals surface area contributed by atoms with E-state index in [0.29, 0.717) is 0 Å².